The lowest BCUT2D eigenvalue weighted by Crippen LogP contribution is -2.61. The van der Waals surface area contributed by atoms with Gasteiger partial charge in [0.1, 0.15) is 37.2 Å². The number of methoxy groups -OCH3 is 3. The summed E-state index contributed by atoms with van der Waals surface area (Å²) >= 11 is 0. The molecule has 3 rings (SSSR count). The SMILES string of the molecule is CCCCON1C(C(=O)NCCN(CCNC(O)C2CCC(C(O)OC)C(O)N2OCCCC)CCNC(O)C2CCC(C(O)OC)C(O)N2OCCCC)CCC(C(O)OC)C1O. The summed E-state index contributed by atoms with van der Waals surface area (Å²) in [6, 6.07) is -2.08. The summed E-state index contributed by atoms with van der Waals surface area (Å²) in [4.78, 5) is 33.5. The minimum Gasteiger partial charge on any atom is -0.377 e. The minimum absolute atomic E-state index is 0.206. The zero-order valence-corrected chi connectivity index (χ0v) is 39.2. The number of unbranched alkanes of at least 4 members (excludes halogenated alkanes) is 3. The smallest absolute Gasteiger partial charge is 0.239 e. The Hall–Kier alpha value is -1.33. The first-order chi connectivity index (χ1) is 30.8. The number of carbonyl (C=O) groups excluding carboxylic acids is 1. The van der Waals surface area contributed by atoms with Gasteiger partial charge in [0.2, 0.25) is 5.91 Å². The van der Waals surface area contributed by atoms with Crippen molar-refractivity contribution in [2.75, 3.05) is 80.4 Å². The van der Waals surface area contributed by atoms with Gasteiger partial charge in [0, 0.05) is 60.6 Å². The molecule has 0 aromatic rings. The third kappa shape index (κ3) is 17.0. The van der Waals surface area contributed by atoms with Crippen LogP contribution < -0.4 is 16.0 Å². The van der Waals surface area contributed by atoms with Crippen LogP contribution in [0, 0.1) is 17.8 Å². The molecule has 0 aromatic carbocycles. The van der Waals surface area contributed by atoms with E-state index < -0.39 is 85.9 Å². The number of nitrogens with zero attached hydrogens (tertiary/aromatic N) is 4. The molecule has 14 unspecified atom stereocenters. The molecule has 0 radical (unpaired) electrons. The molecule has 14 atom stereocenters. The zero-order valence-electron chi connectivity index (χ0n) is 39.2. The minimum atomic E-state index is -1.27. The van der Waals surface area contributed by atoms with E-state index in [-0.39, 0.29) is 32.1 Å². The van der Waals surface area contributed by atoms with Crippen LogP contribution in [0.3, 0.4) is 0 Å². The monoisotopic (exact) mass is 928 g/mol. The van der Waals surface area contributed by atoms with E-state index in [0.717, 1.165) is 32.1 Å². The lowest BCUT2D eigenvalue weighted by Gasteiger charge is -2.45. The van der Waals surface area contributed by atoms with Gasteiger partial charge in [0.15, 0.2) is 18.9 Å². The highest BCUT2D eigenvalue weighted by Crippen LogP contribution is 2.33. The summed E-state index contributed by atoms with van der Waals surface area (Å²) < 4.78 is 15.3. The Kier molecular flexibility index (Phi) is 27.5. The van der Waals surface area contributed by atoms with Gasteiger partial charge in [0.05, 0.1) is 49.7 Å². The molecule has 378 valence electrons. The second-order valence-electron chi connectivity index (χ2n) is 17.1. The van der Waals surface area contributed by atoms with E-state index in [1.54, 1.807) is 0 Å². The predicted molar refractivity (Wildman–Crippen MR) is 232 cm³/mol. The lowest BCUT2D eigenvalue weighted by molar-refractivity contribution is -0.323. The van der Waals surface area contributed by atoms with Gasteiger partial charge in [0.25, 0.3) is 0 Å². The van der Waals surface area contributed by atoms with Crippen molar-refractivity contribution in [3.8, 4) is 0 Å². The zero-order chi connectivity index (χ0) is 47.2. The van der Waals surface area contributed by atoms with Gasteiger partial charge < -0.3 is 60.4 Å². The molecule has 3 saturated heterocycles. The first-order valence-corrected chi connectivity index (χ1v) is 23.5. The van der Waals surface area contributed by atoms with E-state index in [4.69, 9.17) is 28.7 Å². The molecular formula is C42H85N7O15. The number of hydroxylamine groups is 6. The van der Waals surface area contributed by atoms with Crippen molar-refractivity contribution in [3.05, 3.63) is 0 Å². The number of aliphatic hydroxyl groups is 8. The molecule has 22 heteroatoms. The van der Waals surface area contributed by atoms with Crippen molar-refractivity contribution < 1.29 is 74.4 Å². The van der Waals surface area contributed by atoms with Crippen molar-refractivity contribution in [2.24, 2.45) is 17.8 Å². The molecule has 3 aliphatic rings. The molecule has 1 amide bonds. The first kappa shape index (κ1) is 57.0. The largest absolute Gasteiger partial charge is 0.377 e. The summed E-state index contributed by atoms with van der Waals surface area (Å²) in [5.74, 6) is -2.31. The molecule has 0 saturated carbocycles. The number of amides is 1. The van der Waals surface area contributed by atoms with Crippen molar-refractivity contribution in [1.82, 2.24) is 36.0 Å². The maximum absolute atomic E-state index is 13.7. The number of piperidine rings is 3. The third-order valence-electron chi connectivity index (χ3n) is 12.6. The summed E-state index contributed by atoms with van der Waals surface area (Å²) in [6.07, 6.45) is -2.64. The quantitative estimate of drug-likeness (QED) is 0.0271. The Morgan fingerprint density at radius 3 is 1.31 bits per heavy atom. The molecule has 64 heavy (non-hydrogen) atoms. The Labute approximate surface area is 379 Å². The highest BCUT2D eigenvalue weighted by Gasteiger charge is 2.46. The number of carbonyl (C=O) groups is 1. The first-order valence-electron chi connectivity index (χ1n) is 23.5. The predicted octanol–water partition coefficient (Wildman–Crippen LogP) is -1.49. The lowest BCUT2D eigenvalue weighted by atomic mass is 9.91. The van der Waals surface area contributed by atoms with Crippen LogP contribution in [-0.2, 0) is 33.5 Å². The van der Waals surface area contributed by atoms with Gasteiger partial charge in [-0.25, -0.2) is 0 Å². The molecule has 0 spiro atoms. The van der Waals surface area contributed by atoms with E-state index in [0.29, 0.717) is 77.8 Å². The maximum Gasteiger partial charge on any atom is 0.239 e. The van der Waals surface area contributed by atoms with Crippen LogP contribution in [0.1, 0.15) is 97.8 Å². The number of hydrogen-bond acceptors (Lipinski definition) is 21. The highest BCUT2D eigenvalue weighted by atomic mass is 16.7. The summed E-state index contributed by atoms with van der Waals surface area (Å²) in [6.45, 7) is 8.86. The van der Waals surface area contributed by atoms with Crippen molar-refractivity contribution >= 4 is 5.91 Å². The molecule has 3 heterocycles. The van der Waals surface area contributed by atoms with Crippen LogP contribution in [0.15, 0.2) is 0 Å². The van der Waals surface area contributed by atoms with E-state index in [9.17, 15) is 45.6 Å². The normalized spacial score (nSPS) is 30.0. The maximum atomic E-state index is 13.7. The van der Waals surface area contributed by atoms with Crippen LogP contribution in [0.25, 0.3) is 0 Å². The standard InChI is InChI=1S/C42H85N7O15/c1-7-10-25-62-47-31(16-13-28(37(47)53)40(56)59-4)34(50)43-19-22-46(23-20-44-35(51)32-17-14-29(41(57)60-5)38(54)48(32)63-26-11-8-2)24-21-45-36(52)33-18-15-30(42(58)61-6)39(55)49(33)64-27-12-9-3/h28-35,37-44,50-51,53-58H,7-27H2,1-6H3,(H,45,52). The average Bonchev–Trinajstić information content (AvgIpc) is 3.29. The van der Waals surface area contributed by atoms with E-state index >= 15 is 0 Å². The molecule has 0 aliphatic carbocycles. The Balaban J connectivity index is 1.70. The van der Waals surface area contributed by atoms with Gasteiger partial charge in [-0.1, -0.05) is 40.0 Å². The molecule has 3 fully saturated rings. The molecular weight excluding hydrogens is 842 g/mol. The number of ether oxygens (including phenoxy) is 3. The molecule has 0 bridgehead atoms. The van der Waals surface area contributed by atoms with Crippen LogP contribution in [0.5, 0.6) is 0 Å². The number of hydrogen-bond donors (Lipinski definition) is 11. The van der Waals surface area contributed by atoms with E-state index in [1.165, 1.54) is 36.5 Å². The second kappa shape index (κ2) is 30.9. The average molecular weight is 928 g/mol. The van der Waals surface area contributed by atoms with Crippen molar-refractivity contribution in [2.45, 2.75) is 166 Å². The van der Waals surface area contributed by atoms with Gasteiger partial charge in [-0.3, -0.25) is 34.8 Å². The number of rotatable bonds is 32. The highest BCUT2D eigenvalue weighted by molar-refractivity contribution is 5.81. The van der Waals surface area contributed by atoms with Gasteiger partial charge in [-0.15, -0.1) is 5.06 Å². The Morgan fingerprint density at radius 1 is 0.562 bits per heavy atom. The second-order valence-corrected chi connectivity index (χ2v) is 17.1. The van der Waals surface area contributed by atoms with E-state index in [1.807, 2.05) is 25.7 Å². The Bertz CT molecular complexity index is 1190. The summed E-state index contributed by atoms with van der Waals surface area (Å²) in [7, 11) is 4.07. The molecule has 0 aromatic heterocycles. The third-order valence-corrected chi connectivity index (χ3v) is 12.6. The molecule has 11 N–H and O–H groups in total. The fourth-order valence-corrected chi connectivity index (χ4v) is 8.54. The van der Waals surface area contributed by atoms with Gasteiger partial charge in [-0.05, 0) is 57.8 Å². The van der Waals surface area contributed by atoms with Crippen molar-refractivity contribution in [3.63, 3.8) is 0 Å². The Morgan fingerprint density at radius 2 is 0.922 bits per heavy atom. The van der Waals surface area contributed by atoms with Gasteiger partial charge in [-0.2, -0.15) is 10.1 Å². The van der Waals surface area contributed by atoms with E-state index in [2.05, 4.69) is 16.0 Å². The van der Waals surface area contributed by atoms with Crippen LogP contribution in [0.4, 0.5) is 0 Å². The summed E-state index contributed by atoms with van der Waals surface area (Å²) in [5.41, 5.74) is 0. The van der Waals surface area contributed by atoms with Crippen LogP contribution in [0.2, 0.25) is 0 Å². The molecule has 22 nitrogen and oxygen atoms in total. The van der Waals surface area contributed by atoms with Crippen LogP contribution in [-0.4, -0.2) is 215 Å². The van der Waals surface area contributed by atoms with Gasteiger partial charge >= 0.3 is 0 Å². The fraction of sp³-hybridized carbons (Fsp3) is 0.976. The van der Waals surface area contributed by atoms with Crippen molar-refractivity contribution in [1.29, 1.82) is 0 Å². The number of aliphatic hydroxyl groups excluding tert-OH is 8. The fourth-order valence-electron chi connectivity index (χ4n) is 8.54. The molecule has 3 aliphatic heterocycles. The summed E-state index contributed by atoms with van der Waals surface area (Å²) in [5, 5.41) is 101. The topological polar surface area (TPSA) is 283 Å². The van der Waals surface area contributed by atoms with Crippen LogP contribution >= 0.6 is 0 Å². The number of nitrogens with one attached hydrogen (secondary N) is 3.